The summed E-state index contributed by atoms with van der Waals surface area (Å²) in [6.07, 6.45) is -0.705. The van der Waals surface area contributed by atoms with E-state index in [1.165, 1.54) is 17.8 Å². The average molecular weight is 296 g/mol. The molecule has 1 unspecified atom stereocenters. The maximum absolute atomic E-state index is 13.1. The van der Waals surface area contributed by atoms with Crippen LogP contribution in [-0.2, 0) is 0 Å². The van der Waals surface area contributed by atoms with Crippen LogP contribution in [0.4, 0.5) is 8.78 Å². The Labute approximate surface area is 120 Å². The number of aliphatic hydroxyl groups excluding tert-OH is 1. The van der Waals surface area contributed by atoms with Gasteiger partial charge in [-0.2, -0.15) is 0 Å². The maximum Gasteiger partial charge on any atom is 0.159 e. The van der Waals surface area contributed by atoms with Gasteiger partial charge in [-0.1, -0.05) is 12.1 Å². The molecule has 0 radical (unpaired) electrons. The lowest BCUT2D eigenvalue weighted by Gasteiger charge is -2.12. The quantitative estimate of drug-likeness (QED) is 0.851. The lowest BCUT2D eigenvalue weighted by molar-refractivity contribution is 0.203. The normalized spacial score (nSPS) is 12.2. The van der Waals surface area contributed by atoms with Gasteiger partial charge < -0.3 is 9.84 Å². The van der Waals surface area contributed by atoms with Crippen LogP contribution in [0.5, 0.6) is 5.75 Å². The lowest BCUT2D eigenvalue weighted by Crippen LogP contribution is -2.01. The molecule has 0 saturated heterocycles. The highest BCUT2D eigenvalue weighted by Crippen LogP contribution is 2.27. The Bertz CT molecular complexity index is 590. The summed E-state index contributed by atoms with van der Waals surface area (Å²) in [5.74, 6) is -0.744. The Morgan fingerprint density at radius 3 is 2.65 bits per heavy atom. The summed E-state index contributed by atoms with van der Waals surface area (Å²) < 4.78 is 30.9. The van der Waals surface area contributed by atoms with Crippen molar-refractivity contribution in [3.8, 4) is 5.75 Å². The van der Waals surface area contributed by atoms with Crippen LogP contribution in [0.2, 0.25) is 0 Å². The van der Waals surface area contributed by atoms with Crippen molar-refractivity contribution in [2.45, 2.75) is 11.0 Å². The van der Waals surface area contributed by atoms with Crippen molar-refractivity contribution in [1.82, 2.24) is 0 Å². The minimum Gasteiger partial charge on any atom is -0.497 e. The van der Waals surface area contributed by atoms with Crippen LogP contribution >= 0.6 is 11.8 Å². The zero-order chi connectivity index (χ0) is 14.5. The van der Waals surface area contributed by atoms with Crippen LogP contribution in [0.25, 0.3) is 0 Å². The van der Waals surface area contributed by atoms with Crippen molar-refractivity contribution in [2.75, 3.05) is 12.9 Å². The van der Waals surface area contributed by atoms with Gasteiger partial charge in [-0.3, -0.25) is 0 Å². The minimum absolute atomic E-state index is 0.345. The summed E-state index contributed by atoms with van der Waals surface area (Å²) in [7, 11) is 1.56. The monoisotopic (exact) mass is 296 g/mol. The molecule has 2 aromatic carbocycles. The molecule has 0 spiro atoms. The first kappa shape index (κ1) is 14.8. The Morgan fingerprint density at radius 2 is 1.95 bits per heavy atom. The third-order valence-corrected chi connectivity index (χ3v) is 3.85. The highest BCUT2D eigenvalue weighted by Gasteiger charge is 2.10. The smallest absolute Gasteiger partial charge is 0.159 e. The van der Waals surface area contributed by atoms with Gasteiger partial charge in [0.05, 0.1) is 13.2 Å². The number of hydrogen-bond donors (Lipinski definition) is 1. The SMILES string of the molecule is COc1cccc(C(O)CSc2ccc(F)c(F)c2)c1. The van der Waals surface area contributed by atoms with E-state index in [0.717, 1.165) is 17.7 Å². The predicted molar refractivity (Wildman–Crippen MR) is 75.0 cm³/mol. The van der Waals surface area contributed by atoms with Gasteiger partial charge in [0.1, 0.15) is 5.75 Å². The Hall–Kier alpha value is -1.59. The van der Waals surface area contributed by atoms with Gasteiger partial charge in [-0.25, -0.2) is 8.78 Å². The average Bonchev–Trinajstić information content (AvgIpc) is 2.48. The first-order valence-corrected chi connectivity index (χ1v) is 6.98. The summed E-state index contributed by atoms with van der Waals surface area (Å²) in [4.78, 5) is 0.575. The van der Waals surface area contributed by atoms with E-state index < -0.39 is 17.7 Å². The zero-order valence-electron chi connectivity index (χ0n) is 10.8. The molecule has 0 aliphatic heterocycles. The van der Waals surface area contributed by atoms with Crippen LogP contribution in [0.1, 0.15) is 11.7 Å². The first-order valence-electron chi connectivity index (χ1n) is 6.00. The molecule has 106 valence electrons. The molecule has 0 saturated carbocycles. The van der Waals surface area contributed by atoms with Gasteiger partial charge in [0.2, 0.25) is 0 Å². The van der Waals surface area contributed by atoms with Gasteiger partial charge >= 0.3 is 0 Å². The number of benzene rings is 2. The van der Waals surface area contributed by atoms with E-state index in [-0.39, 0.29) is 0 Å². The molecule has 2 aromatic rings. The maximum atomic E-state index is 13.1. The highest BCUT2D eigenvalue weighted by molar-refractivity contribution is 7.99. The fourth-order valence-electron chi connectivity index (χ4n) is 1.69. The molecular weight excluding hydrogens is 282 g/mol. The second kappa shape index (κ2) is 6.72. The Morgan fingerprint density at radius 1 is 1.15 bits per heavy atom. The molecule has 20 heavy (non-hydrogen) atoms. The topological polar surface area (TPSA) is 29.5 Å². The van der Waals surface area contributed by atoms with Crippen molar-refractivity contribution < 1.29 is 18.6 Å². The number of aliphatic hydroxyl groups is 1. The van der Waals surface area contributed by atoms with Gasteiger partial charge in [0.15, 0.2) is 11.6 Å². The molecule has 0 aliphatic carbocycles. The van der Waals surface area contributed by atoms with E-state index in [9.17, 15) is 13.9 Å². The molecule has 0 aliphatic rings. The molecule has 0 bridgehead atoms. The molecule has 5 heteroatoms. The predicted octanol–water partition coefficient (Wildman–Crippen LogP) is 3.80. The fourth-order valence-corrected chi connectivity index (χ4v) is 2.58. The van der Waals surface area contributed by atoms with Crippen molar-refractivity contribution in [2.24, 2.45) is 0 Å². The first-order chi connectivity index (χ1) is 9.60. The largest absolute Gasteiger partial charge is 0.497 e. The third-order valence-electron chi connectivity index (χ3n) is 2.78. The number of methoxy groups -OCH3 is 1. The van der Waals surface area contributed by atoms with E-state index in [4.69, 9.17) is 4.74 Å². The highest BCUT2D eigenvalue weighted by atomic mass is 32.2. The van der Waals surface area contributed by atoms with Crippen molar-refractivity contribution in [1.29, 1.82) is 0 Å². The van der Waals surface area contributed by atoms with Crippen molar-refractivity contribution >= 4 is 11.8 Å². The number of hydrogen-bond acceptors (Lipinski definition) is 3. The van der Waals surface area contributed by atoms with E-state index in [0.29, 0.717) is 16.4 Å². The summed E-state index contributed by atoms with van der Waals surface area (Å²) in [5.41, 5.74) is 0.722. The molecule has 2 rings (SSSR count). The fraction of sp³-hybridized carbons (Fsp3) is 0.200. The van der Waals surface area contributed by atoms with Crippen LogP contribution in [0, 0.1) is 11.6 Å². The molecule has 0 heterocycles. The van der Waals surface area contributed by atoms with Crippen molar-refractivity contribution in [3.63, 3.8) is 0 Å². The molecule has 0 fully saturated rings. The molecule has 0 aromatic heterocycles. The minimum atomic E-state index is -0.883. The summed E-state index contributed by atoms with van der Waals surface area (Å²) in [6, 6.07) is 10.8. The molecule has 0 amide bonds. The van der Waals surface area contributed by atoms with Gasteiger partial charge in [-0.05, 0) is 35.9 Å². The second-order valence-corrected chi connectivity index (χ2v) is 5.27. The van der Waals surface area contributed by atoms with Crippen LogP contribution in [0.3, 0.4) is 0 Å². The van der Waals surface area contributed by atoms with Crippen LogP contribution in [0.15, 0.2) is 47.4 Å². The second-order valence-electron chi connectivity index (χ2n) is 4.18. The van der Waals surface area contributed by atoms with E-state index >= 15 is 0 Å². The number of ether oxygens (including phenoxy) is 1. The molecule has 1 atom stereocenters. The van der Waals surface area contributed by atoms with E-state index in [1.54, 1.807) is 31.4 Å². The number of halogens is 2. The van der Waals surface area contributed by atoms with Crippen molar-refractivity contribution in [3.05, 3.63) is 59.7 Å². The Balaban J connectivity index is 2.00. The van der Waals surface area contributed by atoms with E-state index in [2.05, 4.69) is 0 Å². The van der Waals surface area contributed by atoms with E-state index in [1.807, 2.05) is 0 Å². The third kappa shape index (κ3) is 3.71. The standard InChI is InChI=1S/C15H14F2O2S/c1-19-11-4-2-3-10(7-11)15(18)9-20-12-5-6-13(16)14(17)8-12/h2-8,15,18H,9H2,1H3. The number of rotatable bonds is 5. The molecule has 1 N–H and O–H groups in total. The molecular formula is C15H14F2O2S. The van der Waals surface area contributed by atoms with Crippen LogP contribution < -0.4 is 4.74 Å². The summed E-state index contributed by atoms with van der Waals surface area (Å²) in [6.45, 7) is 0. The number of thioether (sulfide) groups is 1. The Kier molecular flexibility index (Phi) is 4.98. The van der Waals surface area contributed by atoms with Gasteiger partial charge in [-0.15, -0.1) is 11.8 Å². The van der Waals surface area contributed by atoms with Gasteiger partial charge in [0, 0.05) is 10.6 Å². The summed E-state index contributed by atoms with van der Waals surface area (Å²) >= 11 is 1.26. The lowest BCUT2D eigenvalue weighted by atomic mass is 10.1. The summed E-state index contributed by atoms with van der Waals surface area (Å²) in [5, 5.41) is 10.1. The van der Waals surface area contributed by atoms with Gasteiger partial charge in [0.25, 0.3) is 0 Å². The zero-order valence-corrected chi connectivity index (χ0v) is 11.7. The molecule has 2 nitrogen and oxygen atoms in total. The van der Waals surface area contributed by atoms with Crippen LogP contribution in [-0.4, -0.2) is 18.0 Å².